The zero-order valence-corrected chi connectivity index (χ0v) is 18.7. The van der Waals surface area contributed by atoms with Crippen LogP contribution in [0.1, 0.15) is 25.5 Å². The van der Waals surface area contributed by atoms with E-state index in [1.807, 2.05) is 29.2 Å². The summed E-state index contributed by atoms with van der Waals surface area (Å²) >= 11 is 8.07. The number of hydrogen-bond donors (Lipinski definition) is 1. The van der Waals surface area contributed by atoms with Crippen molar-refractivity contribution in [3.63, 3.8) is 0 Å². The van der Waals surface area contributed by atoms with Gasteiger partial charge in [0.1, 0.15) is 0 Å². The third-order valence-electron chi connectivity index (χ3n) is 4.50. The number of carbonyl (C=O) groups excluding carboxylic acids is 1. The van der Waals surface area contributed by atoms with E-state index in [0.717, 1.165) is 55.6 Å². The molecule has 0 bridgehead atoms. The molecular weight excluding hydrogens is 413 g/mol. The summed E-state index contributed by atoms with van der Waals surface area (Å²) in [5.74, 6) is 1.75. The van der Waals surface area contributed by atoms with Crippen molar-refractivity contribution in [2.45, 2.75) is 19.9 Å². The van der Waals surface area contributed by atoms with Crippen molar-refractivity contribution >= 4 is 54.1 Å². The summed E-state index contributed by atoms with van der Waals surface area (Å²) in [6.07, 6.45) is 0. The van der Waals surface area contributed by atoms with Crippen LogP contribution in [0.5, 0.6) is 0 Å². The number of carbonyl (C=O) groups is 1. The van der Waals surface area contributed by atoms with Gasteiger partial charge < -0.3 is 15.1 Å². The summed E-state index contributed by atoms with van der Waals surface area (Å²) in [6.45, 7) is 9.87. The molecule has 1 aliphatic rings. The van der Waals surface area contributed by atoms with Crippen LogP contribution >= 0.6 is 48.2 Å². The quantitative estimate of drug-likeness (QED) is 0.622. The first-order chi connectivity index (χ1) is 11.7. The summed E-state index contributed by atoms with van der Waals surface area (Å²) < 4.78 is 0. The van der Waals surface area contributed by atoms with Crippen LogP contribution in [0.15, 0.2) is 24.3 Å². The molecule has 1 aromatic carbocycles. The molecule has 1 atom stereocenters. The van der Waals surface area contributed by atoms with E-state index < -0.39 is 0 Å². The Bertz CT molecular complexity index is 532. The van der Waals surface area contributed by atoms with Crippen LogP contribution < -0.4 is 5.32 Å². The van der Waals surface area contributed by atoms with Crippen molar-refractivity contribution in [2.24, 2.45) is 0 Å². The van der Waals surface area contributed by atoms with Crippen LogP contribution in [-0.4, -0.2) is 66.5 Å². The van der Waals surface area contributed by atoms with Gasteiger partial charge in [-0.15, -0.1) is 24.8 Å². The van der Waals surface area contributed by atoms with Gasteiger partial charge in [-0.05, 0) is 24.7 Å². The zero-order valence-electron chi connectivity index (χ0n) is 15.4. The van der Waals surface area contributed by atoms with E-state index in [0.29, 0.717) is 5.75 Å². The Morgan fingerprint density at radius 1 is 1.31 bits per heavy atom. The van der Waals surface area contributed by atoms with E-state index in [-0.39, 0.29) is 36.8 Å². The number of piperazine rings is 1. The predicted molar refractivity (Wildman–Crippen MR) is 118 cm³/mol. The van der Waals surface area contributed by atoms with E-state index in [9.17, 15) is 4.79 Å². The van der Waals surface area contributed by atoms with Crippen molar-refractivity contribution in [3.05, 3.63) is 34.9 Å². The summed E-state index contributed by atoms with van der Waals surface area (Å²) in [6, 6.07) is 7.86. The average molecular weight is 443 g/mol. The van der Waals surface area contributed by atoms with Gasteiger partial charge in [0.25, 0.3) is 0 Å². The molecule has 1 aliphatic heterocycles. The van der Waals surface area contributed by atoms with Gasteiger partial charge in [-0.1, -0.05) is 43.6 Å². The number of halogens is 3. The second-order valence-corrected chi connectivity index (χ2v) is 7.42. The Hall–Kier alpha value is -0.170. The minimum absolute atomic E-state index is 0. The lowest BCUT2D eigenvalue weighted by atomic mass is 10.0. The SMILES string of the molecule is CCN(CC)CCSCC(=O)N1CCNCC1c1ccccc1Cl.Cl.Cl. The number of thioether (sulfide) groups is 1. The molecule has 0 aromatic heterocycles. The van der Waals surface area contributed by atoms with E-state index in [2.05, 4.69) is 24.1 Å². The second kappa shape index (κ2) is 13.9. The highest BCUT2D eigenvalue weighted by molar-refractivity contribution is 7.99. The first-order valence-electron chi connectivity index (χ1n) is 8.72. The van der Waals surface area contributed by atoms with Crippen LogP contribution in [0.3, 0.4) is 0 Å². The van der Waals surface area contributed by atoms with Gasteiger partial charge in [-0.25, -0.2) is 0 Å². The van der Waals surface area contributed by atoms with Crippen molar-refractivity contribution in [2.75, 3.05) is 50.8 Å². The number of amides is 1. The van der Waals surface area contributed by atoms with E-state index >= 15 is 0 Å². The van der Waals surface area contributed by atoms with E-state index in [1.165, 1.54) is 0 Å². The number of benzene rings is 1. The normalized spacial score (nSPS) is 16.8. The van der Waals surface area contributed by atoms with E-state index in [1.54, 1.807) is 11.8 Å². The van der Waals surface area contributed by atoms with Crippen molar-refractivity contribution < 1.29 is 4.79 Å². The third kappa shape index (κ3) is 7.45. The Morgan fingerprint density at radius 2 is 2.00 bits per heavy atom. The minimum Gasteiger partial charge on any atom is -0.332 e. The fourth-order valence-corrected chi connectivity index (χ4v) is 4.14. The van der Waals surface area contributed by atoms with Gasteiger partial charge in [0, 0.05) is 37.0 Å². The van der Waals surface area contributed by atoms with Crippen LogP contribution in [-0.2, 0) is 4.79 Å². The molecule has 0 saturated carbocycles. The molecule has 2 rings (SSSR count). The lowest BCUT2D eigenvalue weighted by molar-refractivity contribution is -0.131. The summed E-state index contributed by atoms with van der Waals surface area (Å²) in [7, 11) is 0. The second-order valence-electron chi connectivity index (χ2n) is 5.91. The predicted octanol–water partition coefficient (Wildman–Crippen LogP) is 3.73. The van der Waals surface area contributed by atoms with Gasteiger partial charge >= 0.3 is 0 Å². The van der Waals surface area contributed by atoms with Gasteiger partial charge in [0.2, 0.25) is 5.91 Å². The third-order valence-corrected chi connectivity index (χ3v) is 5.77. The molecule has 1 N–H and O–H groups in total. The molecule has 1 heterocycles. The van der Waals surface area contributed by atoms with Gasteiger partial charge in [0.05, 0.1) is 11.8 Å². The van der Waals surface area contributed by atoms with Crippen molar-refractivity contribution in [1.82, 2.24) is 15.1 Å². The molecule has 0 spiro atoms. The smallest absolute Gasteiger partial charge is 0.233 e. The summed E-state index contributed by atoms with van der Waals surface area (Å²) in [5, 5.41) is 4.11. The highest BCUT2D eigenvalue weighted by Crippen LogP contribution is 2.28. The highest BCUT2D eigenvalue weighted by atomic mass is 35.5. The highest BCUT2D eigenvalue weighted by Gasteiger charge is 2.28. The Kier molecular flexibility index (Phi) is 13.8. The van der Waals surface area contributed by atoms with E-state index in [4.69, 9.17) is 11.6 Å². The van der Waals surface area contributed by atoms with Crippen molar-refractivity contribution in [3.8, 4) is 0 Å². The Balaban J connectivity index is 0.00000312. The fourth-order valence-electron chi connectivity index (χ4n) is 3.00. The van der Waals surface area contributed by atoms with Crippen LogP contribution in [0.2, 0.25) is 5.02 Å². The van der Waals surface area contributed by atoms with Crippen LogP contribution in [0.25, 0.3) is 0 Å². The molecule has 1 aromatic rings. The number of nitrogens with one attached hydrogen (secondary N) is 1. The zero-order chi connectivity index (χ0) is 17.4. The lowest BCUT2D eigenvalue weighted by Gasteiger charge is -2.37. The Labute approximate surface area is 179 Å². The van der Waals surface area contributed by atoms with Crippen LogP contribution in [0, 0.1) is 0 Å². The average Bonchev–Trinajstić information content (AvgIpc) is 2.62. The number of rotatable bonds is 8. The fraction of sp³-hybridized carbons (Fsp3) is 0.611. The summed E-state index contributed by atoms with van der Waals surface area (Å²) in [4.78, 5) is 17.1. The molecule has 26 heavy (non-hydrogen) atoms. The molecule has 1 amide bonds. The number of nitrogens with zero attached hydrogens (tertiary/aromatic N) is 2. The molecule has 4 nitrogen and oxygen atoms in total. The number of hydrogen-bond acceptors (Lipinski definition) is 4. The minimum atomic E-state index is 0. The molecule has 0 aliphatic carbocycles. The molecular formula is C18H30Cl3N3OS. The molecule has 150 valence electrons. The van der Waals surface area contributed by atoms with Gasteiger partial charge in [-0.3, -0.25) is 4.79 Å². The summed E-state index contributed by atoms with van der Waals surface area (Å²) in [5.41, 5.74) is 1.04. The molecule has 1 saturated heterocycles. The van der Waals surface area contributed by atoms with Crippen LogP contribution in [0.4, 0.5) is 0 Å². The Morgan fingerprint density at radius 3 is 2.65 bits per heavy atom. The maximum Gasteiger partial charge on any atom is 0.233 e. The monoisotopic (exact) mass is 441 g/mol. The molecule has 8 heteroatoms. The van der Waals surface area contributed by atoms with Crippen molar-refractivity contribution in [1.29, 1.82) is 0 Å². The maximum atomic E-state index is 12.7. The largest absolute Gasteiger partial charge is 0.332 e. The molecule has 1 unspecified atom stereocenters. The van der Waals surface area contributed by atoms with Gasteiger partial charge in [0.15, 0.2) is 0 Å². The first kappa shape index (κ1) is 25.8. The molecule has 0 radical (unpaired) electrons. The lowest BCUT2D eigenvalue weighted by Crippen LogP contribution is -2.49. The topological polar surface area (TPSA) is 35.6 Å². The maximum absolute atomic E-state index is 12.7. The first-order valence-corrected chi connectivity index (χ1v) is 10.2. The molecule has 1 fully saturated rings. The van der Waals surface area contributed by atoms with Gasteiger partial charge in [-0.2, -0.15) is 11.8 Å². The standard InChI is InChI=1S/C18H28ClN3OS.2ClH/c1-3-21(4-2)11-12-24-14-18(23)22-10-9-20-13-17(22)15-7-5-6-8-16(15)19;;/h5-8,17,20H,3-4,9-14H2,1-2H3;2*1H.